The Morgan fingerprint density at radius 3 is 2.67 bits per heavy atom. The maximum atomic E-state index is 7.65. The average Bonchev–Trinajstić information content (AvgIpc) is 2.44. The molecule has 2 aromatic rings. The predicted molar refractivity (Wildman–Crippen MR) is 76.4 cm³/mol. The first-order valence-corrected chi connectivity index (χ1v) is 6.14. The molecule has 0 unspecified atom stereocenters. The van der Waals surface area contributed by atoms with Crippen LogP contribution in [-0.2, 0) is 11.9 Å². The molecule has 0 aliphatic carbocycles. The van der Waals surface area contributed by atoms with Gasteiger partial charge < -0.3 is 9.47 Å². The molecule has 0 heterocycles. The fourth-order valence-corrected chi connectivity index (χ4v) is 1.75. The van der Waals surface area contributed by atoms with Crippen LogP contribution in [0.25, 0.3) is 0 Å². The zero-order chi connectivity index (χ0) is 17.1. The van der Waals surface area contributed by atoms with Crippen molar-refractivity contribution in [1.29, 1.82) is 0 Å². The largest absolute Gasteiger partial charge is 0.493 e. The summed E-state index contributed by atoms with van der Waals surface area (Å²) in [5, 5.41) is -1.79. The van der Waals surface area contributed by atoms with Crippen LogP contribution < -0.4 is 9.47 Å². The summed E-state index contributed by atoms with van der Waals surface area (Å²) in [5.74, 6) is 0.215. The lowest BCUT2D eigenvalue weighted by molar-refractivity contribution is 0.284. The molecule has 0 spiro atoms. The van der Waals surface area contributed by atoms with Crippen molar-refractivity contribution in [2.24, 2.45) is 0 Å². The topological polar surface area (TPSA) is 18.5 Å². The Bertz CT molecular complexity index is 653. The second-order valence-electron chi connectivity index (χ2n) is 3.63. The lowest BCUT2D eigenvalue weighted by atomic mass is 10.2. The number of halogens is 1. The summed E-state index contributed by atoms with van der Waals surface area (Å²) in [6.45, 7) is 0.249. The molecule has 0 saturated carbocycles. The minimum Gasteiger partial charge on any atom is -0.493 e. The second kappa shape index (κ2) is 6.45. The normalized spacial score (nSPS) is 15.7. The molecule has 2 rings (SSSR count). The minimum absolute atomic E-state index is 0.0262. The van der Waals surface area contributed by atoms with E-state index in [0.29, 0.717) is 0 Å². The second-order valence-corrected chi connectivity index (χ2v) is 4.03. The van der Waals surface area contributed by atoms with Crippen LogP contribution in [-0.4, -0.2) is 7.04 Å². The Morgan fingerprint density at radius 2 is 1.94 bits per heavy atom. The van der Waals surface area contributed by atoms with Gasteiger partial charge in [-0.05, 0) is 23.3 Å². The smallest absolute Gasteiger partial charge is 0.161 e. The van der Waals surface area contributed by atoms with Crippen LogP contribution in [0.4, 0.5) is 0 Å². The van der Waals surface area contributed by atoms with Crippen LogP contribution in [0.2, 0.25) is 0 Å². The van der Waals surface area contributed by atoms with E-state index in [-0.39, 0.29) is 23.7 Å². The van der Waals surface area contributed by atoms with E-state index in [0.717, 1.165) is 5.56 Å². The zero-order valence-electron chi connectivity index (χ0n) is 14.5. The summed E-state index contributed by atoms with van der Waals surface area (Å²) in [7, 11) is -2.65. The van der Waals surface area contributed by atoms with Gasteiger partial charge in [0.05, 0.1) is 11.2 Å². The number of ether oxygens (including phenoxy) is 2. The molecule has 94 valence electrons. The first kappa shape index (κ1) is 7.85. The Hall–Kier alpha value is -1.48. The van der Waals surface area contributed by atoms with Gasteiger partial charge in [-0.25, -0.2) is 0 Å². The summed E-state index contributed by atoms with van der Waals surface area (Å²) in [6.07, 6.45) is 0. The fraction of sp³-hybridized carbons (Fsp3) is 0.200. The van der Waals surface area contributed by atoms with E-state index in [1.807, 2.05) is 30.3 Å². The number of alkyl halides is 1. The van der Waals surface area contributed by atoms with Gasteiger partial charge in [-0.1, -0.05) is 52.3 Å². The minimum atomic E-state index is -2.65. The summed E-state index contributed by atoms with van der Waals surface area (Å²) in [6, 6.07) is 13.7. The molecule has 0 amide bonds. The maximum absolute atomic E-state index is 7.65. The average molecular weight is 312 g/mol. The predicted octanol–water partition coefficient (Wildman–Crippen LogP) is 4.17. The third kappa shape index (κ3) is 3.26. The quantitative estimate of drug-likeness (QED) is 0.772. The van der Waals surface area contributed by atoms with E-state index >= 15 is 0 Å². The van der Waals surface area contributed by atoms with Crippen molar-refractivity contribution in [3.8, 4) is 11.5 Å². The van der Waals surface area contributed by atoms with E-state index in [4.69, 9.17) is 16.3 Å². The van der Waals surface area contributed by atoms with Crippen molar-refractivity contribution in [3.63, 3.8) is 0 Å². The van der Waals surface area contributed by atoms with Gasteiger partial charge in [0.15, 0.2) is 11.5 Å². The van der Waals surface area contributed by atoms with Gasteiger partial charge >= 0.3 is 0 Å². The molecule has 0 fully saturated rings. The molecule has 0 aromatic heterocycles. The van der Waals surface area contributed by atoms with Gasteiger partial charge in [0.1, 0.15) is 6.61 Å². The molecule has 3 heteroatoms. The van der Waals surface area contributed by atoms with Crippen LogP contribution in [0.5, 0.6) is 11.5 Å². The highest BCUT2D eigenvalue weighted by molar-refractivity contribution is 9.08. The first-order valence-electron chi connectivity index (χ1n) is 7.84. The van der Waals surface area contributed by atoms with E-state index in [1.54, 1.807) is 0 Å². The third-order valence-corrected chi connectivity index (χ3v) is 2.86. The Labute approximate surface area is 123 Å². The Balaban J connectivity index is 2.26. The van der Waals surface area contributed by atoms with Crippen LogP contribution in [0.1, 0.15) is 18.0 Å². The lowest BCUT2D eigenvalue weighted by Crippen LogP contribution is -1.98. The number of hydrogen-bond acceptors (Lipinski definition) is 2. The van der Waals surface area contributed by atoms with Crippen molar-refractivity contribution in [2.45, 2.75) is 11.9 Å². The molecule has 0 atom stereocenters. The number of rotatable bonds is 5. The van der Waals surface area contributed by atoms with Gasteiger partial charge in [-0.3, -0.25) is 0 Å². The monoisotopic (exact) mass is 311 g/mol. The summed E-state index contributed by atoms with van der Waals surface area (Å²) < 4.78 is 47.6. The number of methoxy groups -OCH3 is 1. The number of benzene rings is 2. The van der Waals surface area contributed by atoms with Gasteiger partial charge in [-0.15, -0.1) is 0 Å². The summed E-state index contributed by atoms with van der Waals surface area (Å²) in [5.41, 5.74) is 1.16. The maximum Gasteiger partial charge on any atom is 0.161 e. The van der Waals surface area contributed by atoms with E-state index in [9.17, 15) is 0 Å². The van der Waals surface area contributed by atoms with E-state index < -0.39 is 12.3 Å². The summed E-state index contributed by atoms with van der Waals surface area (Å²) >= 11 is 2.90. The SMILES string of the molecule is [2H]C([2H])([2H])Oc1cc(C([2H])([2H])Br)ccc1OCc1ccccc1. The van der Waals surface area contributed by atoms with Crippen LogP contribution in [0.15, 0.2) is 48.5 Å². The molecular formula is C15H15BrO2. The lowest BCUT2D eigenvalue weighted by Gasteiger charge is -2.11. The van der Waals surface area contributed by atoms with Gasteiger partial charge in [0.2, 0.25) is 0 Å². The van der Waals surface area contributed by atoms with Crippen molar-refractivity contribution in [1.82, 2.24) is 0 Å². The van der Waals surface area contributed by atoms with E-state index in [1.165, 1.54) is 18.2 Å². The molecule has 2 nitrogen and oxygen atoms in total. The highest BCUT2D eigenvalue weighted by Gasteiger charge is 2.05. The van der Waals surface area contributed by atoms with E-state index in [2.05, 4.69) is 15.9 Å². The zero-order valence-corrected chi connectivity index (χ0v) is 11.1. The standard InChI is InChI=1S/C15H15BrO2/c1-17-15-9-13(10-16)7-8-14(15)18-11-12-5-3-2-4-6-12/h2-9H,10-11H2,1H3/i1D3,10D2. The van der Waals surface area contributed by atoms with Gasteiger partial charge in [0, 0.05) is 8.02 Å². The molecule has 0 aliphatic heterocycles. The summed E-state index contributed by atoms with van der Waals surface area (Å²) in [4.78, 5) is 0. The molecule has 0 N–H and O–H groups in total. The fourth-order valence-electron chi connectivity index (χ4n) is 1.50. The molecule has 0 bridgehead atoms. The van der Waals surface area contributed by atoms with Gasteiger partial charge in [0.25, 0.3) is 0 Å². The molecule has 0 radical (unpaired) electrons. The van der Waals surface area contributed by atoms with Crippen LogP contribution in [0.3, 0.4) is 0 Å². The Kier molecular flexibility index (Phi) is 2.81. The molecular weight excluding hydrogens is 292 g/mol. The highest BCUT2D eigenvalue weighted by atomic mass is 79.9. The van der Waals surface area contributed by atoms with Crippen molar-refractivity contribution >= 4 is 15.9 Å². The van der Waals surface area contributed by atoms with Crippen molar-refractivity contribution < 1.29 is 16.3 Å². The third-order valence-electron chi connectivity index (χ3n) is 2.40. The van der Waals surface area contributed by atoms with Gasteiger partial charge in [-0.2, -0.15) is 0 Å². The van der Waals surface area contributed by atoms with Crippen molar-refractivity contribution in [3.05, 3.63) is 59.7 Å². The first-order chi connectivity index (χ1) is 10.6. The number of hydrogen-bond donors (Lipinski definition) is 0. The Morgan fingerprint density at radius 1 is 1.11 bits per heavy atom. The van der Waals surface area contributed by atoms with Crippen LogP contribution >= 0.6 is 15.9 Å². The highest BCUT2D eigenvalue weighted by Crippen LogP contribution is 2.29. The molecule has 18 heavy (non-hydrogen) atoms. The molecule has 0 saturated heterocycles. The molecule has 0 aliphatic rings. The van der Waals surface area contributed by atoms with Crippen LogP contribution in [0, 0.1) is 0 Å². The van der Waals surface area contributed by atoms with Crippen molar-refractivity contribution in [2.75, 3.05) is 7.04 Å². The molecule has 2 aromatic carbocycles.